The zero-order valence-corrected chi connectivity index (χ0v) is 19.0. The van der Waals surface area contributed by atoms with Crippen molar-refractivity contribution in [2.75, 3.05) is 12.4 Å². The standard InChI is InChI=1S/C25H29N3O2S/c1-18-23(19(2)28(27-18)16-20-9-4-3-5-10-20)15-26-25(29)22-12-6-7-13-24(22)31-17-21-11-8-14-30-21/h3-7,9-10,12-13,21H,8,11,14-17H2,1-2H3,(H,26,29). The molecular formula is C25H29N3O2S. The minimum atomic E-state index is -0.0509. The molecule has 1 atom stereocenters. The van der Waals surface area contributed by atoms with E-state index in [0.29, 0.717) is 12.6 Å². The Kier molecular flexibility index (Phi) is 7.10. The van der Waals surface area contributed by atoms with Crippen molar-refractivity contribution in [2.24, 2.45) is 0 Å². The Labute approximate surface area is 188 Å². The number of amides is 1. The molecule has 1 unspecified atom stereocenters. The molecule has 5 nitrogen and oxygen atoms in total. The lowest BCUT2D eigenvalue weighted by atomic mass is 10.1. The van der Waals surface area contributed by atoms with E-state index in [4.69, 9.17) is 9.84 Å². The van der Waals surface area contributed by atoms with Crippen LogP contribution >= 0.6 is 11.8 Å². The summed E-state index contributed by atoms with van der Waals surface area (Å²) in [6.45, 7) is 6.11. The molecule has 0 aliphatic carbocycles. The van der Waals surface area contributed by atoms with E-state index in [1.165, 1.54) is 5.56 Å². The van der Waals surface area contributed by atoms with Crippen LogP contribution in [-0.4, -0.2) is 34.2 Å². The number of thioether (sulfide) groups is 1. The topological polar surface area (TPSA) is 56.2 Å². The van der Waals surface area contributed by atoms with Crippen LogP contribution in [0.25, 0.3) is 0 Å². The molecule has 31 heavy (non-hydrogen) atoms. The average Bonchev–Trinajstić information content (AvgIpc) is 3.40. The van der Waals surface area contributed by atoms with Gasteiger partial charge in [0, 0.05) is 35.1 Å². The van der Waals surface area contributed by atoms with Crippen molar-refractivity contribution in [3.8, 4) is 0 Å². The fraction of sp³-hybridized carbons (Fsp3) is 0.360. The highest BCUT2D eigenvalue weighted by molar-refractivity contribution is 7.99. The van der Waals surface area contributed by atoms with Crippen molar-refractivity contribution in [3.05, 3.63) is 82.7 Å². The Balaban J connectivity index is 1.41. The van der Waals surface area contributed by atoms with E-state index in [9.17, 15) is 4.79 Å². The second-order valence-corrected chi connectivity index (χ2v) is 8.98. The first kappa shape index (κ1) is 21.7. The summed E-state index contributed by atoms with van der Waals surface area (Å²) in [4.78, 5) is 14.0. The van der Waals surface area contributed by atoms with Gasteiger partial charge >= 0.3 is 0 Å². The Hall–Kier alpha value is -2.57. The number of aryl methyl sites for hydroxylation is 1. The van der Waals surface area contributed by atoms with Crippen LogP contribution in [0.3, 0.4) is 0 Å². The minimum Gasteiger partial charge on any atom is -0.377 e. The highest BCUT2D eigenvalue weighted by atomic mass is 32.2. The lowest BCUT2D eigenvalue weighted by molar-refractivity contribution is 0.0947. The fourth-order valence-electron chi connectivity index (χ4n) is 3.90. The molecule has 0 radical (unpaired) electrons. The molecule has 1 fully saturated rings. The largest absolute Gasteiger partial charge is 0.377 e. The fourth-order valence-corrected chi connectivity index (χ4v) is 5.02. The third kappa shape index (κ3) is 5.38. The molecule has 162 valence electrons. The van der Waals surface area contributed by atoms with Crippen LogP contribution in [0.2, 0.25) is 0 Å². The predicted octanol–water partition coefficient (Wildman–Crippen LogP) is 4.75. The van der Waals surface area contributed by atoms with Crippen LogP contribution < -0.4 is 5.32 Å². The number of ether oxygens (including phenoxy) is 1. The first-order valence-corrected chi connectivity index (χ1v) is 11.8. The maximum absolute atomic E-state index is 13.0. The highest BCUT2D eigenvalue weighted by Crippen LogP contribution is 2.27. The second-order valence-electron chi connectivity index (χ2n) is 7.92. The Morgan fingerprint density at radius 2 is 1.94 bits per heavy atom. The van der Waals surface area contributed by atoms with Gasteiger partial charge in [-0.25, -0.2) is 0 Å². The number of nitrogens with zero attached hydrogens (tertiary/aromatic N) is 2. The normalized spacial score (nSPS) is 15.9. The van der Waals surface area contributed by atoms with Crippen LogP contribution in [0.5, 0.6) is 0 Å². The van der Waals surface area contributed by atoms with Crippen molar-refractivity contribution < 1.29 is 9.53 Å². The molecular weight excluding hydrogens is 406 g/mol. The van der Waals surface area contributed by atoms with E-state index < -0.39 is 0 Å². The van der Waals surface area contributed by atoms with Crippen molar-refractivity contribution in [1.29, 1.82) is 0 Å². The first-order chi connectivity index (χ1) is 15.1. The van der Waals surface area contributed by atoms with Crippen LogP contribution in [0, 0.1) is 13.8 Å². The van der Waals surface area contributed by atoms with Crippen LogP contribution in [0.1, 0.15) is 45.7 Å². The predicted molar refractivity (Wildman–Crippen MR) is 125 cm³/mol. The molecule has 1 amide bonds. The number of rotatable bonds is 8. The van der Waals surface area contributed by atoms with E-state index in [0.717, 1.165) is 59.2 Å². The van der Waals surface area contributed by atoms with E-state index in [1.54, 1.807) is 11.8 Å². The summed E-state index contributed by atoms with van der Waals surface area (Å²) in [6.07, 6.45) is 2.53. The molecule has 2 aromatic carbocycles. The van der Waals surface area contributed by atoms with Crippen molar-refractivity contribution in [2.45, 2.75) is 50.8 Å². The number of hydrogen-bond donors (Lipinski definition) is 1. The van der Waals surface area contributed by atoms with Gasteiger partial charge in [-0.3, -0.25) is 9.48 Å². The van der Waals surface area contributed by atoms with Crippen LogP contribution in [0.4, 0.5) is 0 Å². The molecule has 0 saturated carbocycles. The number of carbonyl (C=O) groups excluding carboxylic acids is 1. The van der Waals surface area contributed by atoms with Gasteiger partial charge in [-0.05, 0) is 44.4 Å². The summed E-state index contributed by atoms with van der Waals surface area (Å²) < 4.78 is 7.73. The summed E-state index contributed by atoms with van der Waals surface area (Å²) in [7, 11) is 0. The molecule has 1 aromatic heterocycles. The molecule has 3 aromatic rings. The Bertz CT molecular complexity index is 1030. The molecule has 4 rings (SSSR count). The summed E-state index contributed by atoms with van der Waals surface area (Å²) in [5, 5.41) is 7.80. The van der Waals surface area contributed by atoms with Gasteiger partial charge in [0.25, 0.3) is 5.91 Å². The maximum Gasteiger partial charge on any atom is 0.252 e. The quantitative estimate of drug-likeness (QED) is 0.519. The second kappa shape index (κ2) is 10.2. The lowest BCUT2D eigenvalue weighted by Crippen LogP contribution is -2.24. The molecule has 0 spiro atoms. The number of benzene rings is 2. The third-order valence-corrected chi connectivity index (χ3v) is 6.92. The van der Waals surface area contributed by atoms with Crippen molar-refractivity contribution >= 4 is 17.7 Å². The molecule has 0 bridgehead atoms. The van der Waals surface area contributed by atoms with Gasteiger partial charge < -0.3 is 10.1 Å². The lowest BCUT2D eigenvalue weighted by Gasteiger charge is -2.12. The SMILES string of the molecule is Cc1nn(Cc2ccccc2)c(C)c1CNC(=O)c1ccccc1SCC1CCCO1. The molecule has 1 aliphatic heterocycles. The zero-order valence-electron chi connectivity index (χ0n) is 18.1. The van der Waals surface area contributed by atoms with Gasteiger partial charge in [-0.1, -0.05) is 42.5 Å². The van der Waals surface area contributed by atoms with E-state index in [2.05, 4.69) is 24.4 Å². The van der Waals surface area contributed by atoms with E-state index >= 15 is 0 Å². The van der Waals surface area contributed by atoms with Gasteiger partial charge in [0.15, 0.2) is 0 Å². The van der Waals surface area contributed by atoms with Gasteiger partial charge in [-0.15, -0.1) is 11.8 Å². The number of carbonyl (C=O) groups is 1. The molecule has 6 heteroatoms. The third-order valence-electron chi connectivity index (χ3n) is 5.71. The maximum atomic E-state index is 13.0. The first-order valence-electron chi connectivity index (χ1n) is 10.8. The van der Waals surface area contributed by atoms with Gasteiger partial charge in [0.1, 0.15) is 0 Å². The summed E-state index contributed by atoms with van der Waals surface area (Å²) in [5.41, 5.74) is 5.05. The smallest absolute Gasteiger partial charge is 0.252 e. The minimum absolute atomic E-state index is 0.0509. The highest BCUT2D eigenvalue weighted by Gasteiger charge is 2.19. The monoisotopic (exact) mass is 435 g/mol. The summed E-state index contributed by atoms with van der Waals surface area (Å²) in [5.74, 6) is 0.833. The van der Waals surface area contributed by atoms with Gasteiger partial charge in [0.2, 0.25) is 0 Å². The Morgan fingerprint density at radius 3 is 2.71 bits per heavy atom. The number of hydrogen-bond acceptors (Lipinski definition) is 4. The van der Waals surface area contributed by atoms with E-state index in [-0.39, 0.29) is 5.91 Å². The zero-order chi connectivity index (χ0) is 21.6. The van der Waals surface area contributed by atoms with Gasteiger partial charge in [-0.2, -0.15) is 5.10 Å². The molecule has 1 saturated heterocycles. The summed E-state index contributed by atoms with van der Waals surface area (Å²) in [6, 6.07) is 18.1. The van der Waals surface area contributed by atoms with Crippen LogP contribution in [-0.2, 0) is 17.8 Å². The molecule has 1 aliphatic rings. The molecule has 2 heterocycles. The Morgan fingerprint density at radius 1 is 1.16 bits per heavy atom. The number of nitrogens with one attached hydrogen (secondary N) is 1. The average molecular weight is 436 g/mol. The summed E-state index contributed by atoms with van der Waals surface area (Å²) >= 11 is 1.70. The van der Waals surface area contributed by atoms with E-state index in [1.807, 2.05) is 54.1 Å². The van der Waals surface area contributed by atoms with Crippen molar-refractivity contribution in [1.82, 2.24) is 15.1 Å². The van der Waals surface area contributed by atoms with Crippen molar-refractivity contribution in [3.63, 3.8) is 0 Å². The molecule has 1 N–H and O–H groups in total. The number of aromatic nitrogens is 2. The van der Waals surface area contributed by atoms with Crippen LogP contribution in [0.15, 0.2) is 59.5 Å². The van der Waals surface area contributed by atoms with Gasteiger partial charge in [0.05, 0.1) is 23.9 Å².